The van der Waals surface area contributed by atoms with Crippen LogP contribution in [0.3, 0.4) is 0 Å². The first-order valence-electron chi connectivity index (χ1n) is 5.03. The number of halogens is 4. The molecule has 1 aliphatic heterocycles. The van der Waals surface area contributed by atoms with Gasteiger partial charge in [0, 0.05) is 24.4 Å². The Labute approximate surface area is 107 Å². The molecule has 0 aliphatic carbocycles. The minimum absolute atomic E-state index is 0.117. The van der Waals surface area contributed by atoms with Gasteiger partial charge in [-0.3, -0.25) is 4.79 Å². The van der Waals surface area contributed by atoms with Gasteiger partial charge in [0.2, 0.25) is 5.91 Å². The molecule has 0 saturated carbocycles. The average molecular weight is 280 g/mol. The normalized spacial score (nSPS) is 19.8. The van der Waals surface area contributed by atoms with Crippen LogP contribution >= 0.6 is 23.2 Å². The van der Waals surface area contributed by atoms with Crippen molar-refractivity contribution in [2.45, 2.75) is 18.8 Å². The minimum Gasteiger partial charge on any atom is -0.355 e. The fourth-order valence-corrected chi connectivity index (χ4v) is 2.49. The van der Waals surface area contributed by atoms with E-state index in [0.29, 0.717) is 6.54 Å². The Hall–Kier alpha value is -0.870. The number of hydrogen-bond donors (Lipinski definition) is 1. The number of alkyl halides is 2. The summed E-state index contributed by atoms with van der Waals surface area (Å²) in [5.41, 5.74) is 0.133. The number of carbonyl (C=O) groups is 1. The quantitative estimate of drug-likeness (QED) is 0.882. The zero-order valence-electron chi connectivity index (χ0n) is 8.64. The van der Waals surface area contributed by atoms with E-state index in [-0.39, 0.29) is 39.4 Å². The predicted molar refractivity (Wildman–Crippen MR) is 61.8 cm³/mol. The maximum atomic E-state index is 12.9. The lowest BCUT2D eigenvalue weighted by Gasteiger charge is -2.16. The van der Waals surface area contributed by atoms with E-state index in [9.17, 15) is 13.6 Å². The summed E-state index contributed by atoms with van der Waals surface area (Å²) in [4.78, 5) is 11.1. The molecule has 2 rings (SSSR count). The Bertz CT molecular complexity index is 465. The maximum absolute atomic E-state index is 12.9. The Morgan fingerprint density at radius 2 is 2.06 bits per heavy atom. The Balaban J connectivity index is 2.49. The molecule has 1 aromatic rings. The fourth-order valence-electron chi connectivity index (χ4n) is 2.00. The van der Waals surface area contributed by atoms with Crippen LogP contribution in [0.5, 0.6) is 0 Å². The molecule has 1 N–H and O–H groups in total. The highest BCUT2D eigenvalue weighted by Gasteiger charge is 2.30. The Kier molecular flexibility index (Phi) is 3.54. The van der Waals surface area contributed by atoms with Crippen LogP contribution in [0.1, 0.15) is 29.9 Å². The molecule has 92 valence electrons. The monoisotopic (exact) mass is 279 g/mol. The fraction of sp³-hybridized carbons (Fsp3) is 0.364. The Morgan fingerprint density at radius 1 is 1.35 bits per heavy atom. The van der Waals surface area contributed by atoms with Crippen molar-refractivity contribution in [1.82, 2.24) is 5.32 Å². The molecule has 1 saturated heterocycles. The maximum Gasteiger partial charge on any atom is 0.264 e. The van der Waals surface area contributed by atoms with E-state index in [2.05, 4.69) is 5.32 Å². The van der Waals surface area contributed by atoms with Gasteiger partial charge in [0.15, 0.2) is 0 Å². The van der Waals surface area contributed by atoms with Gasteiger partial charge in [-0.15, -0.1) is 0 Å². The SMILES string of the molecule is O=C1CC(c2c(C(F)F)ccc(Cl)c2Cl)CN1. The number of amides is 1. The summed E-state index contributed by atoms with van der Waals surface area (Å²) < 4.78 is 25.8. The van der Waals surface area contributed by atoms with Crippen LogP contribution in [-0.2, 0) is 4.79 Å². The van der Waals surface area contributed by atoms with Gasteiger partial charge in [-0.05, 0) is 11.6 Å². The number of carbonyl (C=O) groups excluding carboxylic acids is 1. The number of hydrogen-bond acceptors (Lipinski definition) is 1. The predicted octanol–water partition coefficient (Wildman–Crippen LogP) is 3.53. The average Bonchev–Trinajstić information content (AvgIpc) is 2.68. The highest BCUT2D eigenvalue weighted by Crippen LogP contribution is 2.40. The molecule has 1 aromatic carbocycles. The van der Waals surface area contributed by atoms with Gasteiger partial charge in [0.05, 0.1) is 10.0 Å². The topological polar surface area (TPSA) is 29.1 Å². The van der Waals surface area contributed by atoms with Crippen molar-refractivity contribution >= 4 is 29.1 Å². The third-order valence-electron chi connectivity index (χ3n) is 2.79. The first-order chi connectivity index (χ1) is 8.00. The van der Waals surface area contributed by atoms with Crippen molar-refractivity contribution in [2.24, 2.45) is 0 Å². The van der Waals surface area contributed by atoms with Crippen molar-refractivity contribution in [3.8, 4) is 0 Å². The summed E-state index contributed by atoms with van der Waals surface area (Å²) in [7, 11) is 0. The van der Waals surface area contributed by atoms with Crippen molar-refractivity contribution in [2.75, 3.05) is 6.54 Å². The summed E-state index contributed by atoms with van der Waals surface area (Å²) in [6.07, 6.45) is -2.46. The van der Waals surface area contributed by atoms with Gasteiger partial charge in [-0.2, -0.15) is 0 Å². The second kappa shape index (κ2) is 4.78. The lowest BCUT2D eigenvalue weighted by atomic mass is 9.93. The lowest BCUT2D eigenvalue weighted by Crippen LogP contribution is -2.14. The summed E-state index contributed by atoms with van der Waals surface area (Å²) in [6.45, 7) is 0.318. The largest absolute Gasteiger partial charge is 0.355 e. The molecule has 0 aromatic heterocycles. The molecule has 1 unspecified atom stereocenters. The van der Waals surface area contributed by atoms with E-state index in [4.69, 9.17) is 23.2 Å². The van der Waals surface area contributed by atoms with Gasteiger partial charge >= 0.3 is 0 Å². The van der Waals surface area contributed by atoms with Gasteiger partial charge in [0.25, 0.3) is 6.43 Å². The Morgan fingerprint density at radius 3 is 2.59 bits per heavy atom. The van der Waals surface area contributed by atoms with E-state index < -0.39 is 6.43 Å². The van der Waals surface area contributed by atoms with Gasteiger partial charge in [0.1, 0.15) is 0 Å². The van der Waals surface area contributed by atoms with E-state index in [0.717, 1.165) is 0 Å². The summed E-state index contributed by atoms with van der Waals surface area (Å²) in [5, 5.41) is 2.94. The zero-order chi connectivity index (χ0) is 12.6. The zero-order valence-corrected chi connectivity index (χ0v) is 10.2. The second-order valence-corrected chi connectivity index (χ2v) is 4.66. The van der Waals surface area contributed by atoms with Gasteiger partial charge in [-0.25, -0.2) is 8.78 Å². The van der Waals surface area contributed by atoms with Crippen LogP contribution in [0.25, 0.3) is 0 Å². The molecule has 2 nitrogen and oxygen atoms in total. The molecule has 1 heterocycles. The molecule has 0 radical (unpaired) electrons. The first-order valence-corrected chi connectivity index (χ1v) is 5.79. The molecule has 1 aliphatic rings. The van der Waals surface area contributed by atoms with Crippen LogP contribution < -0.4 is 5.32 Å². The standard InChI is InChI=1S/C11H9Cl2F2NO/c12-7-2-1-6(11(14)15)9(10(7)13)5-3-8(17)16-4-5/h1-2,5,11H,3-4H2,(H,16,17). The molecule has 0 spiro atoms. The number of benzene rings is 1. The van der Waals surface area contributed by atoms with E-state index in [1.54, 1.807) is 0 Å². The summed E-state index contributed by atoms with van der Waals surface area (Å²) in [5.74, 6) is -0.496. The minimum atomic E-state index is -2.63. The van der Waals surface area contributed by atoms with Crippen molar-refractivity contribution in [3.05, 3.63) is 33.3 Å². The van der Waals surface area contributed by atoms with Crippen LogP contribution in [0.4, 0.5) is 8.78 Å². The highest BCUT2D eigenvalue weighted by molar-refractivity contribution is 6.42. The lowest BCUT2D eigenvalue weighted by molar-refractivity contribution is -0.119. The van der Waals surface area contributed by atoms with Crippen LogP contribution in [0.2, 0.25) is 10.0 Å². The third-order valence-corrected chi connectivity index (χ3v) is 3.61. The molecule has 6 heteroatoms. The molecule has 1 atom stereocenters. The molecule has 1 amide bonds. The molecule has 17 heavy (non-hydrogen) atoms. The smallest absolute Gasteiger partial charge is 0.264 e. The molecule has 1 fully saturated rings. The first kappa shape index (κ1) is 12.6. The van der Waals surface area contributed by atoms with Gasteiger partial charge in [-0.1, -0.05) is 29.3 Å². The van der Waals surface area contributed by atoms with Crippen molar-refractivity contribution in [3.63, 3.8) is 0 Å². The third kappa shape index (κ3) is 2.38. The van der Waals surface area contributed by atoms with E-state index in [1.807, 2.05) is 0 Å². The highest BCUT2D eigenvalue weighted by atomic mass is 35.5. The molecular weight excluding hydrogens is 271 g/mol. The van der Waals surface area contributed by atoms with Crippen molar-refractivity contribution < 1.29 is 13.6 Å². The molecule has 0 bridgehead atoms. The summed E-state index contributed by atoms with van der Waals surface area (Å²) in [6, 6.07) is 2.61. The van der Waals surface area contributed by atoms with Crippen LogP contribution in [-0.4, -0.2) is 12.5 Å². The van der Waals surface area contributed by atoms with Crippen molar-refractivity contribution in [1.29, 1.82) is 0 Å². The second-order valence-electron chi connectivity index (χ2n) is 3.87. The summed E-state index contributed by atoms with van der Waals surface area (Å²) >= 11 is 11.8. The molecular formula is C11H9Cl2F2NO. The van der Waals surface area contributed by atoms with E-state index in [1.165, 1.54) is 12.1 Å². The van der Waals surface area contributed by atoms with Crippen LogP contribution in [0, 0.1) is 0 Å². The number of rotatable bonds is 2. The van der Waals surface area contributed by atoms with Crippen LogP contribution in [0.15, 0.2) is 12.1 Å². The number of nitrogens with one attached hydrogen (secondary N) is 1. The van der Waals surface area contributed by atoms with Gasteiger partial charge < -0.3 is 5.32 Å². The van der Waals surface area contributed by atoms with E-state index >= 15 is 0 Å².